The maximum Gasteiger partial charge on any atom is 0.325 e. The van der Waals surface area contributed by atoms with Gasteiger partial charge >= 0.3 is 12.0 Å². The Morgan fingerprint density at radius 2 is 1.90 bits per heavy atom. The molecule has 0 saturated heterocycles. The summed E-state index contributed by atoms with van der Waals surface area (Å²) in [5.74, 6) is -0.497. The molecule has 3 N–H and O–H groups in total. The molecule has 0 spiro atoms. The second-order valence-electron chi connectivity index (χ2n) is 3.72. The molecule has 3 amide bonds. The van der Waals surface area contributed by atoms with E-state index in [1.54, 1.807) is 54.1 Å². The van der Waals surface area contributed by atoms with Crippen LogP contribution < -0.4 is 16.1 Å². The SMILES string of the molecule is CCOC(=O)CNC(=O)Nc1ccc(NN(I)C=O)cc1. The van der Waals surface area contributed by atoms with Crippen LogP contribution in [-0.4, -0.2) is 34.8 Å². The van der Waals surface area contributed by atoms with Crippen molar-refractivity contribution in [1.82, 2.24) is 8.54 Å². The highest BCUT2D eigenvalue weighted by molar-refractivity contribution is 14.1. The fraction of sp³-hybridized carbons (Fsp3) is 0.250. The molecule has 1 aromatic carbocycles. The van der Waals surface area contributed by atoms with E-state index in [1.165, 1.54) is 3.22 Å². The number of benzene rings is 1. The first-order chi connectivity index (χ1) is 10.0. The Morgan fingerprint density at radius 3 is 2.48 bits per heavy atom. The topological polar surface area (TPSA) is 99.8 Å². The molecule has 0 radical (unpaired) electrons. The van der Waals surface area contributed by atoms with E-state index in [4.69, 9.17) is 0 Å². The van der Waals surface area contributed by atoms with Crippen molar-refractivity contribution in [1.29, 1.82) is 0 Å². The molecule has 0 saturated carbocycles. The predicted molar refractivity (Wildman–Crippen MR) is 85.6 cm³/mol. The highest BCUT2D eigenvalue weighted by Crippen LogP contribution is 2.14. The molecule has 1 aromatic rings. The molecule has 0 aliphatic rings. The summed E-state index contributed by atoms with van der Waals surface area (Å²) in [6.07, 6.45) is 0.621. The summed E-state index contributed by atoms with van der Waals surface area (Å²) in [6, 6.07) is 6.18. The summed E-state index contributed by atoms with van der Waals surface area (Å²) in [6.45, 7) is 1.77. The molecule has 1 rings (SSSR count). The first-order valence-electron chi connectivity index (χ1n) is 6.02. The van der Waals surface area contributed by atoms with Crippen LogP contribution in [-0.2, 0) is 14.3 Å². The number of amides is 3. The van der Waals surface area contributed by atoms with Crippen molar-refractivity contribution < 1.29 is 19.1 Å². The second-order valence-corrected chi connectivity index (χ2v) is 4.76. The number of ether oxygens (including phenoxy) is 1. The summed E-state index contributed by atoms with van der Waals surface area (Å²) in [5.41, 5.74) is 4.03. The zero-order chi connectivity index (χ0) is 15.7. The number of carbonyl (C=O) groups excluding carboxylic acids is 3. The van der Waals surface area contributed by atoms with E-state index < -0.39 is 12.0 Å². The molecule has 0 aliphatic carbocycles. The van der Waals surface area contributed by atoms with Gasteiger partial charge in [0.25, 0.3) is 0 Å². The summed E-state index contributed by atoms with van der Waals surface area (Å²) >= 11 is 1.79. The Labute approximate surface area is 135 Å². The van der Waals surface area contributed by atoms with E-state index in [9.17, 15) is 14.4 Å². The van der Waals surface area contributed by atoms with E-state index in [0.29, 0.717) is 17.8 Å². The van der Waals surface area contributed by atoms with Gasteiger partial charge in [-0.25, -0.2) is 4.79 Å². The van der Waals surface area contributed by atoms with Gasteiger partial charge in [-0.1, -0.05) is 0 Å². The number of hydrazine groups is 1. The number of anilines is 2. The van der Waals surface area contributed by atoms with Crippen molar-refractivity contribution >= 4 is 52.6 Å². The molecule has 9 heteroatoms. The lowest BCUT2D eigenvalue weighted by Gasteiger charge is -2.12. The average Bonchev–Trinajstić information content (AvgIpc) is 2.47. The zero-order valence-electron chi connectivity index (χ0n) is 11.3. The van der Waals surface area contributed by atoms with Crippen molar-refractivity contribution in [2.45, 2.75) is 6.92 Å². The van der Waals surface area contributed by atoms with Gasteiger partial charge in [0.15, 0.2) is 0 Å². The molecule has 0 unspecified atom stereocenters. The van der Waals surface area contributed by atoms with Crippen LogP contribution in [0.25, 0.3) is 0 Å². The van der Waals surface area contributed by atoms with Crippen molar-refractivity contribution in [2.75, 3.05) is 23.9 Å². The fourth-order valence-electron chi connectivity index (χ4n) is 1.32. The minimum atomic E-state index is -0.507. The van der Waals surface area contributed by atoms with Crippen molar-refractivity contribution in [2.24, 2.45) is 0 Å². The van der Waals surface area contributed by atoms with E-state index >= 15 is 0 Å². The Bertz CT molecular complexity index is 495. The van der Waals surface area contributed by atoms with Crippen molar-refractivity contribution in [3.05, 3.63) is 24.3 Å². The quantitative estimate of drug-likeness (QED) is 0.210. The number of halogens is 1. The molecular weight excluding hydrogens is 391 g/mol. The van der Waals surface area contributed by atoms with Crippen LogP contribution in [0.4, 0.5) is 16.2 Å². The third-order valence-electron chi connectivity index (χ3n) is 2.17. The highest BCUT2D eigenvalue weighted by atomic mass is 127. The molecule has 0 aliphatic heterocycles. The van der Waals surface area contributed by atoms with Gasteiger partial charge in [-0.3, -0.25) is 15.0 Å². The molecule has 114 valence electrons. The largest absolute Gasteiger partial charge is 0.465 e. The molecule has 8 nitrogen and oxygen atoms in total. The molecule has 0 heterocycles. The molecule has 0 fully saturated rings. The summed E-state index contributed by atoms with van der Waals surface area (Å²) in [4.78, 5) is 33.0. The maximum absolute atomic E-state index is 11.5. The zero-order valence-corrected chi connectivity index (χ0v) is 13.4. The number of urea groups is 1. The summed E-state index contributed by atoms with van der Waals surface area (Å²) < 4.78 is 5.91. The smallest absolute Gasteiger partial charge is 0.325 e. The monoisotopic (exact) mass is 406 g/mol. The van der Waals surface area contributed by atoms with E-state index in [2.05, 4.69) is 20.8 Å². The minimum absolute atomic E-state index is 0.192. The van der Waals surface area contributed by atoms with Crippen LogP contribution >= 0.6 is 22.9 Å². The average molecular weight is 406 g/mol. The third-order valence-corrected chi connectivity index (χ3v) is 2.64. The second kappa shape index (κ2) is 9.00. The van der Waals surface area contributed by atoms with Crippen LogP contribution in [0.1, 0.15) is 6.92 Å². The number of carbonyl (C=O) groups is 3. The van der Waals surface area contributed by atoms with Crippen LogP contribution in [0.15, 0.2) is 24.3 Å². The third kappa shape index (κ3) is 6.79. The Kier molecular flexibility index (Phi) is 7.29. The lowest BCUT2D eigenvalue weighted by atomic mass is 10.3. The minimum Gasteiger partial charge on any atom is -0.465 e. The predicted octanol–water partition coefficient (Wildman–Crippen LogP) is 1.51. The first kappa shape index (κ1) is 17.0. The van der Waals surface area contributed by atoms with Crippen molar-refractivity contribution in [3.63, 3.8) is 0 Å². The van der Waals surface area contributed by atoms with Gasteiger partial charge in [0, 0.05) is 5.69 Å². The number of nitrogens with one attached hydrogen (secondary N) is 3. The van der Waals surface area contributed by atoms with E-state index in [1.807, 2.05) is 0 Å². The van der Waals surface area contributed by atoms with Gasteiger partial charge in [-0.05, 0) is 31.2 Å². The number of hydrogen-bond acceptors (Lipinski definition) is 5. The summed E-state index contributed by atoms with van der Waals surface area (Å²) in [7, 11) is 0. The Hall–Kier alpha value is -2.04. The van der Waals surface area contributed by atoms with Gasteiger partial charge in [0.1, 0.15) is 6.54 Å². The number of hydrogen-bond donors (Lipinski definition) is 3. The lowest BCUT2D eigenvalue weighted by Crippen LogP contribution is -2.34. The van der Waals surface area contributed by atoms with Crippen LogP contribution in [0.3, 0.4) is 0 Å². The van der Waals surface area contributed by atoms with Gasteiger partial charge < -0.3 is 15.4 Å². The van der Waals surface area contributed by atoms with E-state index in [-0.39, 0.29) is 13.2 Å². The lowest BCUT2D eigenvalue weighted by molar-refractivity contribution is -0.141. The fourth-order valence-corrected chi connectivity index (χ4v) is 1.60. The molecule has 0 bridgehead atoms. The summed E-state index contributed by atoms with van der Waals surface area (Å²) in [5, 5.41) is 4.94. The molecule has 0 aromatic heterocycles. The van der Waals surface area contributed by atoms with Gasteiger partial charge in [-0.2, -0.15) is 3.22 Å². The Morgan fingerprint density at radius 1 is 1.29 bits per heavy atom. The molecule has 21 heavy (non-hydrogen) atoms. The molecular formula is C12H15IN4O4. The van der Waals surface area contributed by atoms with Gasteiger partial charge in [0.2, 0.25) is 6.41 Å². The first-order valence-corrected chi connectivity index (χ1v) is 6.99. The van der Waals surface area contributed by atoms with Crippen LogP contribution in [0, 0.1) is 0 Å². The number of nitrogens with zero attached hydrogens (tertiary/aromatic N) is 1. The highest BCUT2D eigenvalue weighted by Gasteiger charge is 2.06. The number of esters is 1. The number of rotatable bonds is 7. The maximum atomic E-state index is 11.5. The van der Waals surface area contributed by atoms with Crippen LogP contribution in [0.5, 0.6) is 0 Å². The molecule has 0 atom stereocenters. The van der Waals surface area contributed by atoms with Gasteiger partial charge in [-0.15, -0.1) is 0 Å². The van der Waals surface area contributed by atoms with Crippen LogP contribution in [0.2, 0.25) is 0 Å². The van der Waals surface area contributed by atoms with Gasteiger partial charge in [0.05, 0.1) is 35.2 Å². The normalized spacial score (nSPS) is 9.43. The Balaban J connectivity index is 2.42. The standard InChI is InChI=1S/C12H15IN4O4/c1-2-21-11(19)7-14-12(20)15-9-3-5-10(6-4-9)16-17(13)8-18/h3-6,8,16H,2,7H2,1H3,(H2,14,15,20). The van der Waals surface area contributed by atoms with E-state index in [0.717, 1.165) is 0 Å². The van der Waals surface area contributed by atoms with Crippen molar-refractivity contribution in [3.8, 4) is 0 Å².